The van der Waals surface area contributed by atoms with Crippen molar-refractivity contribution in [3.63, 3.8) is 0 Å². The molecule has 16 heavy (non-hydrogen) atoms. The monoisotopic (exact) mass is 222 g/mol. The fraction of sp³-hybridized carbons (Fsp3) is 0.538. The van der Waals surface area contributed by atoms with Gasteiger partial charge in [0, 0.05) is 12.1 Å². The summed E-state index contributed by atoms with van der Waals surface area (Å²) in [6.45, 7) is 5.76. The SMILES string of the molecule is CCNC(C)(CN)Cc1ccccc1OC. The van der Waals surface area contributed by atoms with E-state index >= 15 is 0 Å². The molecule has 3 heteroatoms. The van der Waals surface area contributed by atoms with Crippen molar-refractivity contribution in [2.75, 3.05) is 20.2 Å². The van der Waals surface area contributed by atoms with Gasteiger partial charge in [-0.1, -0.05) is 25.1 Å². The number of nitrogens with two attached hydrogens (primary N) is 1. The summed E-state index contributed by atoms with van der Waals surface area (Å²) >= 11 is 0. The molecule has 1 unspecified atom stereocenters. The number of methoxy groups -OCH3 is 1. The van der Waals surface area contributed by atoms with Crippen LogP contribution in [0.4, 0.5) is 0 Å². The van der Waals surface area contributed by atoms with Crippen molar-refractivity contribution in [2.45, 2.75) is 25.8 Å². The number of para-hydroxylation sites is 1. The van der Waals surface area contributed by atoms with E-state index in [0.29, 0.717) is 6.54 Å². The molecule has 0 heterocycles. The number of benzene rings is 1. The number of nitrogens with one attached hydrogen (secondary N) is 1. The lowest BCUT2D eigenvalue weighted by molar-refractivity contribution is 0.357. The smallest absolute Gasteiger partial charge is 0.122 e. The maximum atomic E-state index is 5.83. The minimum atomic E-state index is -0.0661. The van der Waals surface area contributed by atoms with Gasteiger partial charge in [-0.15, -0.1) is 0 Å². The lowest BCUT2D eigenvalue weighted by Crippen LogP contribution is -2.50. The molecule has 3 N–H and O–H groups in total. The van der Waals surface area contributed by atoms with Gasteiger partial charge in [0.15, 0.2) is 0 Å². The van der Waals surface area contributed by atoms with Crippen molar-refractivity contribution in [3.05, 3.63) is 29.8 Å². The predicted molar refractivity (Wildman–Crippen MR) is 67.8 cm³/mol. The van der Waals surface area contributed by atoms with Gasteiger partial charge >= 0.3 is 0 Å². The third-order valence-electron chi connectivity index (χ3n) is 2.83. The van der Waals surface area contributed by atoms with Gasteiger partial charge in [-0.2, -0.15) is 0 Å². The summed E-state index contributed by atoms with van der Waals surface area (Å²) in [5.74, 6) is 0.931. The van der Waals surface area contributed by atoms with Gasteiger partial charge in [0.2, 0.25) is 0 Å². The Balaban J connectivity index is 2.85. The summed E-state index contributed by atoms with van der Waals surface area (Å²) in [6.07, 6.45) is 0.876. The highest BCUT2D eigenvalue weighted by molar-refractivity contribution is 5.34. The van der Waals surface area contributed by atoms with E-state index < -0.39 is 0 Å². The van der Waals surface area contributed by atoms with Crippen LogP contribution in [0.2, 0.25) is 0 Å². The first-order valence-electron chi connectivity index (χ1n) is 5.72. The zero-order chi connectivity index (χ0) is 12.0. The fourth-order valence-electron chi connectivity index (χ4n) is 1.90. The van der Waals surface area contributed by atoms with Crippen LogP contribution in [0.5, 0.6) is 5.75 Å². The second-order valence-corrected chi connectivity index (χ2v) is 4.28. The van der Waals surface area contributed by atoms with Gasteiger partial charge in [-0.25, -0.2) is 0 Å². The highest BCUT2D eigenvalue weighted by atomic mass is 16.5. The molecule has 0 bridgehead atoms. The van der Waals surface area contributed by atoms with Crippen LogP contribution >= 0.6 is 0 Å². The first kappa shape index (κ1) is 13.0. The van der Waals surface area contributed by atoms with Crippen LogP contribution in [0.15, 0.2) is 24.3 Å². The molecular formula is C13H22N2O. The molecule has 0 aromatic heterocycles. The Labute approximate surface area is 98.0 Å². The Morgan fingerprint density at radius 2 is 2.06 bits per heavy atom. The van der Waals surface area contributed by atoms with Crippen molar-refractivity contribution >= 4 is 0 Å². The first-order chi connectivity index (χ1) is 7.65. The van der Waals surface area contributed by atoms with Gasteiger partial charge in [0.05, 0.1) is 7.11 Å². The lowest BCUT2D eigenvalue weighted by Gasteiger charge is -2.29. The maximum Gasteiger partial charge on any atom is 0.122 e. The Morgan fingerprint density at radius 1 is 1.38 bits per heavy atom. The van der Waals surface area contributed by atoms with Crippen molar-refractivity contribution in [2.24, 2.45) is 5.73 Å². The number of ether oxygens (including phenoxy) is 1. The van der Waals surface area contributed by atoms with E-state index in [0.717, 1.165) is 18.7 Å². The molecule has 0 radical (unpaired) electrons. The number of rotatable bonds is 6. The van der Waals surface area contributed by atoms with Crippen molar-refractivity contribution in [3.8, 4) is 5.75 Å². The van der Waals surface area contributed by atoms with Crippen LogP contribution < -0.4 is 15.8 Å². The molecule has 0 aliphatic heterocycles. The third-order valence-corrected chi connectivity index (χ3v) is 2.83. The van der Waals surface area contributed by atoms with Crippen molar-refractivity contribution in [1.29, 1.82) is 0 Å². The van der Waals surface area contributed by atoms with E-state index in [4.69, 9.17) is 10.5 Å². The van der Waals surface area contributed by atoms with Crippen LogP contribution in [0.25, 0.3) is 0 Å². The molecule has 1 aromatic rings. The zero-order valence-corrected chi connectivity index (χ0v) is 10.4. The summed E-state index contributed by atoms with van der Waals surface area (Å²) in [4.78, 5) is 0. The van der Waals surface area contributed by atoms with Crippen LogP contribution in [0, 0.1) is 0 Å². The van der Waals surface area contributed by atoms with Gasteiger partial charge < -0.3 is 15.8 Å². The number of likely N-dealkylation sites (N-methyl/N-ethyl adjacent to an activating group) is 1. The van der Waals surface area contributed by atoms with Gasteiger partial charge in [-0.05, 0) is 31.5 Å². The Kier molecular flexibility index (Phi) is 4.77. The van der Waals surface area contributed by atoms with E-state index in [2.05, 4.69) is 25.2 Å². The van der Waals surface area contributed by atoms with E-state index in [-0.39, 0.29) is 5.54 Å². The molecule has 3 nitrogen and oxygen atoms in total. The van der Waals surface area contributed by atoms with E-state index in [9.17, 15) is 0 Å². The Morgan fingerprint density at radius 3 is 2.62 bits per heavy atom. The third kappa shape index (κ3) is 3.22. The second kappa shape index (κ2) is 5.87. The highest BCUT2D eigenvalue weighted by Gasteiger charge is 2.22. The summed E-state index contributed by atoms with van der Waals surface area (Å²) in [6, 6.07) is 8.08. The van der Waals surface area contributed by atoms with E-state index in [1.165, 1.54) is 5.56 Å². The molecule has 90 valence electrons. The predicted octanol–water partition coefficient (Wildman–Crippen LogP) is 1.56. The minimum absolute atomic E-state index is 0.0661. The van der Waals surface area contributed by atoms with Crippen LogP contribution in [0.3, 0.4) is 0 Å². The molecule has 1 aromatic carbocycles. The van der Waals surface area contributed by atoms with E-state index in [1.54, 1.807) is 7.11 Å². The molecule has 1 rings (SSSR count). The Hall–Kier alpha value is -1.06. The topological polar surface area (TPSA) is 47.3 Å². The molecule has 0 aliphatic carbocycles. The van der Waals surface area contributed by atoms with Crippen LogP contribution in [-0.2, 0) is 6.42 Å². The minimum Gasteiger partial charge on any atom is -0.496 e. The normalized spacial score (nSPS) is 14.5. The van der Waals surface area contributed by atoms with Crippen molar-refractivity contribution < 1.29 is 4.74 Å². The molecule has 0 spiro atoms. The van der Waals surface area contributed by atoms with E-state index in [1.807, 2.05) is 18.2 Å². The summed E-state index contributed by atoms with van der Waals surface area (Å²) in [7, 11) is 1.70. The summed E-state index contributed by atoms with van der Waals surface area (Å²) in [5, 5.41) is 3.43. The standard InChI is InChI=1S/C13H22N2O/c1-4-15-13(2,10-14)9-11-7-5-6-8-12(11)16-3/h5-8,15H,4,9-10,14H2,1-3H3. The molecule has 0 aliphatic rings. The zero-order valence-electron chi connectivity index (χ0n) is 10.4. The number of hydrogen-bond donors (Lipinski definition) is 2. The summed E-state index contributed by atoms with van der Waals surface area (Å²) in [5.41, 5.74) is 6.96. The van der Waals surface area contributed by atoms with Crippen LogP contribution in [0.1, 0.15) is 19.4 Å². The highest BCUT2D eigenvalue weighted by Crippen LogP contribution is 2.22. The number of hydrogen-bond acceptors (Lipinski definition) is 3. The fourth-order valence-corrected chi connectivity index (χ4v) is 1.90. The lowest BCUT2D eigenvalue weighted by atomic mass is 9.92. The molecule has 1 atom stereocenters. The molecule has 0 amide bonds. The average molecular weight is 222 g/mol. The quantitative estimate of drug-likeness (QED) is 0.768. The molecule has 0 saturated carbocycles. The molecule has 0 saturated heterocycles. The summed E-state index contributed by atoms with van der Waals surface area (Å²) < 4.78 is 5.35. The van der Waals surface area contributed by atoms with Crippen LogP contribution in [-0.4, -0.2) is 25.7 Å². The van der Waals surface area contributed by atoms with Gasteiger partial charge in [0.25, 0.3) is 0 Å². The average Bonchev–Trinajstić information content (AvgIpc) is 2.30. The first-order valence-corrected chi connectivity index (χ1v) is 5.72. The van der Waals surface area contributed by atoms with Gasteiger partial charge in [0.1, 0.15) is 5.75 Å². The Bertz CT molecular complexity index is 327. The maximum absolute atomic E-state index is 5.83. The molecular weight excluding hydrogens is 200 g/mol. The second-order valence-electron chi connectivity index (χ2n) is 4.28. The van der Waals surface area contributed by atoms with Gasteiger partial charge in [-0.3, -0.25) is 0 Å². The largest absolute Gasteiger partial charge is 0.496 e. The van der Waals surface area contributed by atoms with Crippen molar-refractivity contribution in [1.82, 2.24) is 5.32 Å². The molecule has 0 fully saturated rings.